The van der Waals surface area contributed by atoms with Crippen LogP contribution in [0.3, 0.4) is 0 Å². The number of nitrogens with one attached hydrogen (secondary N) is 1. The molecule has 0 spiro atoms. The maximum Gasteiger partial charge on any atom is 0.173 e. The molecule has 2 atom stereocenters. The Labute approximate surface area is 132 Å². The van der Waals surface area contributed by atoms with Crippen LogP contribution in [0.1, 0.15) is 32.1 Å². The van der Waals surface area contributed by atoms with Gasteiger partial charge in [0.25, 0.3) is 0 Å². The van der Waals surface area contributed by atoms with Crippen LogP contribution in [0.2, 0.25) is 0 Å². The van der Waals surface area contributed by atoms with Crippen LogP contribution in [0.4, 0.5) is 5.69 Å². The zero-order chi connectivity index (χ0) is 14.7. The average Bonchev–Trinajstić information content (AvgIpc) is 2.54. The van der Waals surface area contributed by atoms with Gasteiger partial charge in [-0.2, -0.15) is 0 Å². The lowest BCUT2D eigenvalue weighted by Crippen LogP contribution is -2.46. The van der Waals surface area contributed by atoms with Gasteiger partial charge in [-0.3, -0.25) is 0 Å². The minimum Gasteiger partial charge on any atom is -0.497 e. The summed E-state index contributed by atoms with van der Waals surface area (Å²) in [6, 6.07) is 7.95. The first kappa shape index (κ1) is 14.6. The van der Waals surface area contributed by atoms with Gasteiger partial charge in [-0.1, -0.05) is 25.3 Å². The summed E-state index contributed by atoms with van der Waals surface area (Å²) in [4.78, 5) is 2.35. The van der Waals surface area contributed by atoms with Crippen molar-refractivity contribution in [1.29, 1.82) is 0 Å². The molecule has 1 N–H and O–H groups in total. The number of methoxy groups -OCH3 is 1. The number of hydrogen-bond donors (Lipinski definition) is 1. The lowest BCUT2D eigenvalue weighted by atomic mass is 9.75. The summed E-state index contributed by atoms with van der Waals surface area (Å²) in [5.74, 6) is 2.64. The fraction of sp³-hybridized carbons (Fsp3) is 0.588. The van der Waals surface area contributed by atoms with Gasteiger partial charge in [0.1, 0.15) is 5.75 Å². The number of nitrogens with zero attached hydrogens (tertiary/aromatic N) is 1. The van der Waals surface area contributed by atoms with Gasteiger partial charge in [-0.05, 0) is 49.0 Å². The second-order valence-corrected chi connectivity index (χ2v) is 6.59. The number of piperidine rings is 1. The molecule has 1 aromatic carbocycles. The lowest BCUT2D eigenvalue weighted by molar-refractivity contribution is 0.131. The molecule has 0 amide bonds. The summed E-state index contributed by atoms with van der Waals surface area (Å²) in [6.45, 7) is 2.22. The van der Waals surface area contributed by atoms with E-state index in [1.165, 1.54) is 32.1 Å². The maximum atomic E-state index is 5.60. The second kappa shape index (κ2) is 6.65. The number of thiocarbonyl (C=S) groups is 1. The van der Waals surface area contributed by atoms with Crippen LogP contribution in [0.15, 0.2) is 24.3 Å². The molecule has 3 nitrogen and oxygen atoms in total. The number of ether oxygens (including phenoxy) is 1. The smallest absolute Gasteiger partial charge is 0.173 e. The van der Waals surface area contributed by atoms with Crippen LogP contribution < -0.4 is 10.1 Å². The van der Waals surface area contributed by atoms with Crippen LogP contribution in [0, 0.1) is 11.8 Å². The normalized spacial score (nSPS) is 25.1. The predicted molar refractivity (Wildman–Crippen MR) is 90.9 cm³/mol. The second-order valence-electron chi connectivity index (χ2n) is 6.20. The Morgan fingerprint density at radius 1 is 1.24 bits per heavy atom. The number of benzene rings is 1. The summed E-state index contributed by atoms with van der Waals surface area (Å²) in [7, 11) is 1.69. The van der Waals surface area contributed by atoms with Gasteiger partial charge in [0.2, 0.25) is 0 Å². The van der Waals surface area contributed by atoms with Crippen LogP contribution in [0.5, 0.6) is 5.75 Å². The van der Waals surface area contributed by atoms with Gasteiger partial charge in [0.15, 0.2) is 5.11 Å². The first-order valence-corrected chi connectivity index (χ1v) is 8.37. The summed E-state index contributed by atoms with van der Waals surface area (Å²) >= 11 is 5.60. The third-order valence-corrected chi connectivity index (χ3v) is 5.26. The fourth-order valence-corrected chi connectivity index (χ4v) is 3.97. The molecule has 0 unspecified atom stereocenters. The molecule has 4 heteroatoms. The summed E-state index contributed by atoms with van der Waals surface area (Å²) in [6.07, 6.45) is 6.92. The standard InChI is InChI=1S/C17H24N2OS/c1-20-16-8-4-7-15(11-16)18-17(21)19-10-9-13-5-2-3-6-14(13)12-19/h4,7-8,11,13-14H,2-3,5-6,9-10,12H2,1H3,(H,18,21)/t13-,14-/m0/s1. The van der Waals surface area contributed by atoms with Crippen molar-refractivity contribution in [3.05, 3.63) is 24.3 Å². The number of anilines is 1. The van der Waals surface area contributed by atoms with E-state index < -0.39 is 0 Å². The highest BCUT2D eigenvalue weighted by atomic mass is 32.1. The zero-order valence-electron chi connectivity index (χ0n) is 12.7. The average molecular weight is 304 g/mol. The highest BCUT2D eigenvalue weighted by Gasteiger charge is 2.31. The molecule has 1 saturated carbocycles. The molecule has 1 aliphatic carbocycles. The molecule has 21 heavy (non-hydrogen) atoms. The van der Waals surface area contributed by atoms with Gasteiger partial charge in [-0.15, -0.1) is 0 Å². The van der Waals surface area contributed by atoms with Crippen LogP contribution in [-0.2, 0) is 0 Å². The van der Waals surface area contributed by atoms with Crippen molar-refractivity contribution >= 4 is 23.0 Å². The Morgan fingerprint density at radius 2 is 2.05 bits per heavy atom. The third-order valence-electron chi connectivity index (χ3n) is 4.90. The van der Waals surface area contributed by atoms with E-state index in [0.29, 0.717) is 0 Å². The van der Waals surface area contributed by atoms with E-state index >= 15 is 0 Å². The monoisotopic (exact) mass is 304 g/mol. The highest BCUT2D eigenvalue weighted by Crippen LogP contribution is 2.36. The zero-order valence-corrected chi connectivity index (χ0v) is 13.5. The molecule has 0 aromatic heterocycles. The topological polar surface area (TPSA) is 24.5 Å². The molecule has 1 saturated heterocycles. The third kappa shape index (κ3) is 3.49. The molecular weight excluding hydrogens is 280 g/mol. The Bertz CT molecular complexity index is 505. The van der Waals surface area contributed by atoms with Crippen molar-refractivity contribution < 1.29 is 4.74 Å². The van der Waals surface area contributed by atoms with E-state index in [-0.39, 0.29) is 0 Å². The Kier molecular flexibility index (Phi) is 4.63. The van der Waals surface area contributed by atoms with E-state index in [0.717, 1.165) is 41.5 Å². The summed E-state index contributed by atoms with van der Waals surface area (Å²) < 4.78 is 5.26. The molecular formula is C17H24N2OS. The summed E-state index contributed by atoms with van der Waals surface area (Å²) in [5, 5.41) is 4.21. The van der Waals surface area contributed by atoms with Gasteiger partial charge in [0.05, 0.1) is 7.11 Å². The highest BCUT2D eigenvalue weighted by molar-refractivity contribution is 7.80. The van der Waals surface area contributed by atoms with E-state index in [9.17, 15) is 0 Å². The molecule has 0 bridgehead atoms. The quantitative estimate of drug-likeness (QED) is 0.837. The van der Waals surface area contributed by atoms with E-state index in [1.54, 1.807) is 7.11 Å². The molecule has 2 fully saturated rings. The Hall–Kier alpha value is -1.29. The van der Waals surface area contributed by atoms with Crippen molar-refractivity contribution in [3.8, 4) is 5.75 Å². The van der Waals surface area contributed by atoms with Gasteiger partial charge < -0.3 is 15.0 Å². The first-order valence-electron chi connectivity index (χ1n) is 7.96. The van der Waals surface area contributed by atoms with Crippen LogP contribution in [-0.4, -0.2) is 30.2 Å². The number of rotatable bonds is 2. The SMILES string of the molecule is COc1cccc(NC(=S)N2CC[C@@H]3CCCC[C@H]3C2)c1. The van der Waals surface area contributed by atoms with E-state index in [2.05, 4.69) is 10.2 Å². The molecule has 2 aliphatic rings. The molecule has 1 aliphatic heterocycles. The largest absolute Gasteiger partial charge is 0.497 e. The van der Waals surface area contributed by atoms with E-state index in [4.69, 9.17) is 17.0 Å². The van der Waals surface area contributed by atoms with Gasteiger partial charge in [-0.25, -0.2) is 0 Å². The number of hydrogen-bond acceptors (Lipinski definition) is 2. The van der Waals surface area contributed by atoms with E-state index in [1.807, 2.05) is 24.3 Å². The minimum absolute atomic E-state index is 0.845. The summed E-state index contributed by atoms with van der Waals surface area (Å²) in [5.41, 5.74) is 1.00. The Morgan fingerprint density at radius 3 is 2.86 bits per heavy atom. The Balaban J connectivity index is 1.60. The van der Waals surface area contributed by atoms with Crippen molar-refractivity contribution in [2.45, 2.75) is 32.1 Å². The van der Waals surface area contributed by atoms with Crippen molar-refractivity contribution in [3.63, 3.8) is 0 Å². The van der Waals surface area contributed by atoms with Crippen molar-refractivity contribution in [2.24, 2.45) is 11.8 Å². The molecule has 114 valence electrons. The van der Waals surface area contributed by atoms with Gasteiger partial charge in [0, 0.05) is 24.8 Å². The molecule has 3 rings (SSSR count). The number of likely N-dealkylation sites (tertiary alicyclic amines) is 1. The van der Waals surface area contributed by atoms with Crippen LogP contribution in [0.25, 0.3) is 0 Å². The molecule has 0 radical (unpaired) electrons. The maximum absolute atomic E-state index is 5.60. The van der Waals surface area contributed by atoms with Crippen LogP contribution >= 0.6 is 12.2 Å². The van der Waals surface area contributed by atoms with Gasteiger partial charge >= 0.3 is 0 Å². The van der Waals surface area contributed by atoms with Crippen molar-refractivity contribution in [1.82, 2.24) is 4.90 Å². The fourth-order valence-electron chi connectivity index (χ4n) is 3.69. The number of fused-ring (bicyclic) bond motifs is 1. The first-order chi connectivity index (χ1) is 10.3. The minimum atomic E-state index is 0.845. The van der Waals surface area contributed by atoms with Crippen molar-refractivity contribution in [2.75, 3.05) is 25.5 Å². The molecule has 1 heterocycles. The lowest BCUT2D eigenvalue weighted by Gasteiger charge is -2.42. The molecule has 1 aromatic rings. The predicted octanol–water partition coefficient (Wildman–Crippen LogP) is 3.90.